The highest BCUT2D eigenvalue weighted by atomic mass is 32.1. The van der Waals surface area contributed by atoms with E-state index in [1.54, 1.807) is 11.3 Å². The minimum atomic E-state index is 0.322. The van der Waals surface area contributed by atoms with E-state index in [1.165, 1.54) is 10.6 Å². The van der Waals surface area contributed by atoms with Crippen molar-refractivity contribution in [3.8, 4) is 0 Å². The molecule has 0 spiro atoms. The summed E-state index contributed by atoms with van der Waals surface area (Å²) in [6, 6.07) is 0. The molecular formula is C12H21N3OS. The van der Waals surface area contributed by atoms with Crippen molar-refractivity contribution in [2.45, 2.75) is 26.5 Å². The second kappa shape index (κ2) is 5.91. The summed E-state index contributed by atoms with van der Waals surface area (Å²) in [5.74, 6) is 0. The first-order valence-electron chi connectivity index (χ1n) is 6.09. The average molecular weight is 255 g/mol. The quantitative estimate of drug-likeness (QED) is 0.877. The summed E-state index contributed by atoms with van der Waals surface area (Å²) in [5.41, 5.74) is 1.17. The summed E-state index contributed by atoms with van der Waals surface area (Å²) < 4.78 is 5.71. The molecule has 4 nitrogen and oxygen atoms in total. The van der Waals surface area contributed by atoms with Crippen molar-refractivity contribution in [3.63, 3.8) is 0 Å². The fraction of sp³-hybridized carbons (Fsp3) is 0.750. The van der Waals surface area contributed by atoms with Gasteiger partial charge in [-0.15, -0.1) is 11.3 Å². The Morgan fingerprint density at radius 1 is 1.53 bits per heavy atom. The first-order valence-corrected chi connectivity index (χ1v) is 6.90. The van der Waals surface area contributed by atoms with E-state index in [0.29, 0.717) is 6.10 Å². The topological polar surface area (TPSA) is 37.4 Å². The van der Waals surface area contributed by atoms with Crippen molar-refractivity contribution in [1.82, 2.24) is 15.2 Å². The number of ether oxygens (including phenoxy) is 1. The molecule has 1 aliphatic heterocycles. The van der Waals surface area contributed by atoms with Crippen LogP contribution >= 0.6 is 11.3 Å². The molecule has 0 amide bonds. The molecule has 1 fully saturated rings. The van der Waals surface area contributed by atoms with Crippen LogP contribution < -0.4 is 5.32 Å². The summed E-state index contributed by atoms with van der Waals surface area (Å²) in [4.78, 5) is 8.15. The van der Waals surface area contributed by atoms with Crippen molar-refractivity contribution in [2.24, 2.45) is 0 Å². The van der Waals surface area contributed by atoms with Crippen LogP contribution in [0.4, 0.5) is 0 Å². The molecule has 0 aromatic carbocycles. The molecule has 96 valence electrons. The molecule has 5 heteroatoms. The molecule has 1 aliphatic rings. The van der Waals surface area contributed by atoms with Gasteiger partial charge in [-0.2, -0.15) is 0 Å². The van der Waals surface area contributed by atoms with E-state index in [2.05, 4.69) is 36.1 Å². The van der Waals surface area contributed by atoms with E-state index in [4.69, 9.17) is 4.74 Å². The molecular weight excluding hydrogens is 234 g/mol. The van der Waals surface area contributed by atoms with Gasteiger partial charge in [-0.05, 0) is 20.9 Å². The number of nitrogens with one attached hydrogen (secondary N) is 1. The van der Waals surface area contributed by atoms with E-state index < -0.39 is 0 Å². The average Bonchev–Trinajstić information content (AvgIpc) is 2.58. The van der Waals surface area contributed by atoms with Crippen LogP contribution in [0.5, 0.6) is 0 Å². The summed E-state index contributed by atoms with van der Waals surface area (Å²) in [6.07, 6.45) is 0.322. The van der Waals surface area contributed by atoms with E-state index in [9.17, 15) is 0 Å². The Hall–Kier alpha value is -0.490. The van der Waals surface area contributed by atoms with Gasteiger partial charge >= 0.3 is 0 Å². The molecule has 2 rings (SSSR count). The zero-order valence-electron chi connectivity index (χ0n) is 10.8. The third-order valence-corrected chi connectivity index (χ3v) is 3.99. The highest BCUT2D eigenvalue weighted by molar-refractivity contribution is 7.11. The Morgan fingerprint density at radius 2 is 2.35 bits per heavy atom. The number of morpholine rings is 1. The van der Waals surface area contributed by atoms with Crippen molar-refractivity contribution >= 4 is 11.3 Å². The normalized spacial score (nSPS) is 21.1. The fourth-order valence-corrected chi connectivity index (χ4v) is 3.13. The van der Waals surface area contributed by atoms with Crippen molar-refractivity contribution in [2.75, 3.05) is 33.3 Å². The number of thiazole rings is 1. The molecule has 0 radical (unpaired) electrons. The Balaban J connectivity index is 1.83. The first kappa shape index (κ1) is 13.0. The Bertz CT molecular complexity index is 361. The molecule has 1 aromatic heterocycles. The minimum Gasteiger partial charge on any atom is -0.374 e. The molecule has 17 heavy (non-hydrogen) atoms. The Kier molecular flexibility index (Phi) is 4.50. The summed E-state index contributed by atoms with van der Waals surface area (Å²) in [7, 11) is 2.15. The number of hydrogen-bond acceptors (Lipinski definition) is 5. The van der Waals surface area contributed by atoms with Crippen LogP contribution in [0, 0.1) is 13.8 Å². The zero-order valence-corrected chi connectivity index (χ0v) is 11.6. The van der Waals surface area contributed by atoms with E-state index in [-0.39, 0.29) is 0 Å². The lowest BCUT2D eigenvalue weighted by atomic mass is 10.3. The highest BCUT2D eigenvalue weighted by Gasteiger charge is 2.16. The Morgan fingerprint density at radius 3 is 2.94 bits per heavy atom. The van der Waals surface area contributed by atoms with Gasteiger partial charge in [-0.3, -0.25) is 4.90 Å². The van der Waals surface area contributed by atoms with Crippen LogP contribution in [0.1, 0.15) is 15.6 Å². The van der Waals surface area contributed by atoms with Gasteiger partial charge in [0.1, 0.15) is 0 Å². The third kappa shape index (κ3) is 3.74. The van der Waals surface area contributed by atoms with Crippen molar-refractivity contribution < 1.29 is 4.74 Å². The number of aromatic nitrogens is 1. The van der Waals surface area contributed by atoms with Crippen LogP contribution in [0.25, 0.3) is 0 Å². The smallest absolute Gasteiger partial charge is 0.0900 e. The van der Waals surface area contributed by atoms with Gasteiger partial charge in [0, 0.05) is 31.1 Å². The van der Waals surface area contributed by atoms with Crippen LogP contribution in [0.15, 0.2) is 0 Å². The maximum Gasteiger partial charge on any atom is 0.0900 e. The Labute approximate surface area is 107 Å². The molecule has 1 N–H and O–H groups in total. The van der Waals surface area contributed by atoms with Crippen molar-refractivity contribution in [3.05, 3.63) is 15.6 Å². The maximum absolute atomic E-state index is 5.71. The lowest BCUT2D eigenvalue weighted by molar-refractivity contribution is 0.00895. The first-order chi connectivity index (χ1) is 8.15. The zero-order chi connectivity index (χ0) is 12.3. The van der Waals surface area contributed by atoms with E-state index >= 15 is 0 Å². The molecule has 2 heterocycles. The number of hydrogen-bond donors (Lipinski definition) is 1. The SMILES string of the molecule is Cc1nc(C)c(CN(C)CC2CNCCO2)s1. The van der Waals surface area contributed by atoms with Crippen LogP contribution in [0.3, 0.4) is 0 Å². The van der Waals surface area contributed by atoms with Gasteiger partial charge < -0.3 is 10.1 Å². The second-order valence-corrected chi connectivity index (χ2v) is 5.92. The lowest BCUT2D eigenvalue weighted by Gasteiger charge is -2.27. The van der Waals surface area contributed by atoms with Gasteiger partial charge in [0.2, 0.25) is 0 Å². The van der Waals surface area contributed by atoms with Gasteiger partial charge in [0.05, 0.1) is 23.4 Å². The summed E-state index contributed by atoms with van der Waals surface area (Å²) in [6.45, 7) is 8.87. The van der Waals surface area contributed by atoms with Gasteiger partial charge in [0.25, 0.3) is 0 Å². The monoisotopic (exact) mass is 255 g/mol. The third-order valence-electron chi connectivity index (χ3n) is 2.93. The summed E-state index contributed by atoms with van der Waals surface area (Å²) in [5, 5.41) is 4.51. The minimum absolute atomic E-state index is 0.322. The van der Waals surface area contributed by atoms with Crippen molar-refractivity contribution in [1.29, 1.82) is 0 Å². The van der Waals surface area contributed by atoms with E-state index in [0.717, 1.165) is 37.8 Å². The maximum atomic E-state index is 5.71. The molecule has 1 atom stereocenters. The lowest BCUT2D eigenvalue weighted by Crippen LogP contribution is -2.44. The predicted molar refractivity (Wildman–Crippen MR) is 70.5 cm³/mol. The number of nitrogens with zero attached hydrogens (tertiary/aromatic N) is 2. The van der Waals surface area contributed by atoms with Gasteiger partial charge in [0.15, 0.2) is 0 Å². The highest BCUT2D eigenvalue weighted by Crippen LogP contribution is 2.18. The number of rotatable bonds is 4. The van der Waals surface area contributed by atoms with E-state index in [1.807, 2.05) is 0 Å². The molecule has 1 saturated heterocycles. The molecule has 1 unspecified atom stereocenters. The number of aryl methyl sites for hydroxylation is 2. The summed E-state index contributed by atoms with van der Waals surface area (Å²) >= 11 is 1.80. The van der Waals surface area contributed by atoms with Gasteiger partial charge in [-0.25, -0.2) is 4.98 Å². The van der Waals surface area contributed by atoms with Crippen LogP contribution in [-0.4, -0.2) is 49.3 Å². The fourth-order valence-electron chi connectivity index (χ4n) is 2.11. The van der Waals surface area contributed by atoms with Gasteiger partial charge in [-0.1, -0.05) is 0 Å². The molecule has 0 aliphatic carbocycles. The number of likely N-dealkylation sites (N-methyl/N-ethyl adjacent to an activating group) is 1. The predicted octanol–water partition coefficient (Wildman–Crippen LogP) is 1.18. The second-order valence-electron chi connectivity index (χ2n) is 4.64. The molecule has 0 saturated carbocycles. The molecule has 0 bridgehead atoms. The molecule has 1 aromatic rings. The standard InChI is InChI=1S/C12H21N3OS/c1-9-12(17-10(2)14-9)8-15(3)7-11-6-13-4-5-16-11/h11,13H,4-8H2,1-3H3. The van der Waals surface area contributed by atoms with Crippen LogP contribution in [0.2, 0.25) is 0 Å². The van der Waals surface area contributed by atoms with Crippen LogP contribution in [-0.2, 0) is 11.3 Å². The largest absolute Gasteiger partial charge is 0.374 e.